The molecule has 4 aliphatic carbocycles. The highest BCUT2D eigenvalue weighted by Crippen LogP contribution is 2.66. The van der Waals surface area contributed by atoms with Crippen molar-refractivity contribution in [3.05, 3.63) is 11.6 Å². The third kappa shape index (κ3) is 3.58. The molecule has 0 radical (unpaired) electrons. The fourth-order valence-electron chi connectivity index (χ4n) is 7.38. The summed E-state index contributed by atoms with van der Waals surface area (Å²) in [5.41, 5.74) is 1.56. The Labute approximate surface area is 169 Å². The number of hydrogen-bond acceptors (Lipinski definition) is 3. The van der Waals surface area contributed by atoms with Crippen molar-refractivity contribution in [3.63, 3.8) is 0 Å². The molecule has 4 nitrogen and oxygen atoms in total. The Bertz CT molecular complexity index is 639. The van der Waals surface area contributed by atoms with E-state index in [1.165, 1.54) is 44.9 Å². The van der Waals surface area contributed by atoms with E-state index in [9.17, 15) is 14.7 Å². The number of Topliss-reactive ketones (excluding diaryl/α,β-unsaturated/α-hetero) is 1. The number of carboxylic acids is 1. The monoisotopic (exact) mass is 390 g/mol. The summed E-state index contributed by atoms with van der Waals surface area (Å²) in [6.07, 6.45) is 14.4. The van der Waals surface area contributed by atoms with Crippen molar-refractivity contribution in [2.24, 2.45) is 34.5 Å². The molecule has 6 atom stereocenters. The first-order chi connectivity index (χ1) is 13.3. The van der Waals surface area contributed by atoms with Crippen LogP contribution in [0.5, 0.6) is 0 Å². The maximum absolute atomic E-state index is 12.2. The van der Waals surface area contributed by atoms with Crippen LogP contribution in [0.15, 0.2) is 11.6 Å². The van der Waals surface area contributed by atoms with Crippen LogP contribution in [0.3, 0.4) is 0 Å². The van der Waals surface area contributed by atoms with Gasteiger partial charge in [0.15, 0.2) is 5.78 Å². The number of hydrogen-bond donors (Lipinski definition) is 2. The lowest BCUT2D eigenvalue weighted by Gasteiger charge is -2.60. The van der Waals surface area contributed by atoms with Crippen LogP contribution in [-0.2, 0) is 9.59 Å². The van der Waals surface area contributed by atoms with Gasteiger partial charge in [0.05, 0.1) is 0 Å². The number of aliphatic hydroxyl groups excluding tert-OH is 1. The Kier molecular flexibility index (Phi) is 6.38. The number of ketones is 1. The number of fused-ring (bicyclic) bond motifs is 5. The van der Waals surface area contributed by atoms with Crippen LogP contribution in [0.25, 0.3) is 0 Å². The third-order valence-corrected chi connectivity index (χ3v) is 8.91. The number of carbonyl (C=O) groups excluding carboxylic acids is 1. The van der Waals surface area contributed by atoms with Crippen LogP contribution in [0.2, 0.25) is 0 Å². The SMILES string of the molecule is CCC(=O)O.C[C@]12CCCCC1CC[C@@H]1[C@@H]2CC[C@]2(C)C(C(=O)CO)=CC[C@@H]12. The van der Waals surface area contributed by atoms with Crippen LogP contribution < -0.4 is 0 Å². The van der Waals surface area contributed by atoms with Crippen molar-refractivity contribution in [2.45, 2.75) is 85.0 Å². The molecule has 3 saturated carbocycles. The first kappa shape index (κ1) is 21.5. The molecule has 0 spiro atoms. The molecule has 0 aliphatic heterocycles. The van der Waals surface area contributed by atoms with Crippen molar-refractivity contribution in [1.82, 2.24) is 0 Å². The molecular formula is C24H38O4. The minimum atomic E-state index is -0.745. The maximum atomic E-state index is 12.2. The standard InChI is InChI=1S/C21H32O2.C3H6O2/c1-20-11-4-3-5-14(20)6-7-15-16-8-9-18(19(23)13-22)21(16,2)12-10-17(15)20;1-2-3(4)5/h9,14-17,22H,3-8,10-13H2,1-2H3;2H2,1H3,(H,4,5)/t14?,15-,16-,17-,20-,21-;/m0./s1. The molecule has 3 fully saturated rings. The Hall–Kier alpha value is -1.16. The topological polar surface area (TPSA) is 74.6 Å². The first-order valence-electron chi connectivity index (χ1n) is 11.3. The number of aliphatic hydroxyl groups is 1. The molecule has 0 amide bonds. The van der Waals surface area contributed by atoms with E-state index in [0.29, 0.717) is 11.3 Å². The number of carboxylic acid groups (broad SMARTS) is 1. The van der Waals surface area contributed by atoms with Crippen molar-refractivity contribution in [3.8, 4) is 0 Å². The van der Waals surface area contributed by atoms with Gasteiger partial charge in [-0.2, -0.15) is 0 Å². The molecule has 0 aromatic heterocycles. The molecule has 28 heavy (non-hydrogen) atoms. The number of carbonyl (C=O) groups is 2. The second-order valence-corrected chi connectivity index (χ2v) is 10.0. The van der Waals surface area contributed by atoms with Crippen molar-refractivity contribution in [2.75, 3.05) is 6.61 Å². The predicted molar refractivity (Wildman–Crippen MR) is 110 cm³/mol. The van der Waals surface area contributed by atoms with Gasteiger partial charge in [-0.3, -0.25) is 9.59 Å². The number of allylic oxidation sites excluding steroid dienone is 1. The third-order valence-electron chi connectivity index (χ3n) is 8.91. The van der Waals surface area contributed by atoms with E-state index in [2.05, 4.69) is 19.9 Å². The maximum Gasteiger partial charge on any atom is 0.303 e. The summed E-state index contributed by atoms with van der Waals surface area (Å²) in [5, 5.41) is 17.1. The van der Waals surface area contributed by atoms with Gasteiger partial charge in [-0.15, -0.1) is 0 Å². The van der Waals surface area contributed by atoms with E-state index < -0.39 is 5.97 Å². The average Bonchev–Trinajstić information content (AvgIpc) is 3.04. The van der Waals surface area contributed by atoms with E-state index in [-0.39, 0.29) is 24.2 Å². The van der Waals surface area contributed by atoms with Crippen LogP contribution in [0.1, 0.15) is 85.0 Å². The molecule has 0 heterocycles. The summed E-state index contributed by atoms with van der Waals surface area (Å²) in [5.74, 6) is 2.50. The van der Waals surface area contributed by atoms with E-state index in [0.717, 1.165) is 36.2 Å². The van der Waals surface area contributed by atoms with Crippen LogP contribution in [-0.4, -0.2) is 28.6 Å². The second kappa shape index (κ2) is 8.30. The zero-order valence-corrected chi connectivity index (χ0v) is 17.9. The van der Waals surface area contributed by atoms with Gasteiger partial charge in [-0.05, 0) is 85.0 Å². The van der Waals surface area contributed by atoms with E-state index >= 15 is 0 Å². The summed E-state index contributed by atoms with van der Waals surface area (Å²) < 4.78 is 0. The second-order valence-electron chi connectivity index (χ2n) is 10.0. The quantitative estimate of drug-likeness (QED) is 0.711. The lowest BCUT2D eigenvalue weighted by Crippen LogP contribution is -2.52. The Morgan fingerprint density at radius 2 is 1.79 bits per heavy atom. The van der Waals surface area contributed by atoms with Gasteiger partial charge in [-0.1, -0.05) is 39.7 Å². The normalized spacial score (nSPS) is 41.5. The molecule has 0 bridgehead atoms. The summed E-state index contributed by atoms with van der Waals surface area (Å²) in [7, 11) is 0. The van der Waals surface area contributed by atoms with Gasteiger partial charge in [-0.25, -0.2) is 0 Å². The molecule has 0 aromatic carbocycles. The predicted octanol–water partition coefficient (Wildman–Crippen LogP) is 5.00. The molecule has 0 saturated heterocycles. The minimum absolute atomic E-state index is 0.0222. The van der Waals surface area contributed by atoms with E-state index in [1.807, 2.05) is 0 Å². The highest BCUT2D eigenvalue weighted by Gasteiger charge is 2.58. The first-order valence-corrected chi connectivity index (χ1v) is 11.3. The van der Waals surface area contributed by atoms with Gasteiger partial charge in [0.25, 0.3) is 0 Å². The van der Waals surface area contributed by atoms with Gasteiger partial charge < -0.3 is 10.2 Å². The Morgan fingerprint density at radius 3 is 2.43 bits per heavy atom. The molecule has 4 aliphatic rings. The Balaban J connectivity index is 0.000000403. The van der Waals surface area contributed by atoms with Gasteiger partial charge in [0.2, 0.25) is 0 Å². The highest BCUT2D eigenvalue weighted by atomic mass is 16.4. The fraction of sp³-hybridized carbons (Fsp3) is 0.833. The van der Waals surface area contributed by atoms with Gasteiger partial charge >= 0.3 is 5.97 Å². The zero-order chi connectivity index (χ0) is 20.5. The molecular weight excluding hydrogens is 352 g/mol. The highest BCUT2D eigenvalue weighted by molar-refractivity contribution is 5.98. The molecule has 158 valence electrons. The summed E-state index contributed by atoms with van der Waals surface area (Å²) in [6, 6.07) is 0. The number of aliphatic carboxylic acids is 1. The molecule has 0 aromatic rings. The minimum Gasteiger partial charge on any atom is -0.481 e. The molecule has 1 unspecified atom stereocenters. The lowest BCUT2D eigenvalue weighted by molar-refractivity contribution is -0.136. The van der Waals surface area contributed by atoms with Crippen LogP contribution in [0, 0.1) is 34.5 Å². The van der Waals surface area contributed by atoms with E-state index in [1.54, 1.807) is 6.92 Å². The van der Waals surface area contributed by atoms with Crippen LogP contribution >= 0.6 is 0 Å². The summed E-state index contributed by atoms with van der Waals surface area (Å²) in [4.78, 5) is 21.6. The van der Waals surface area contributed by atoms with Crippen LogP contribution in [0.4, 0.5) is 0 Å². The van der Waals surface area contributed by atoms with Crippen molar-refractivity contribution < 1.29 is 19.8 Å². The van der Waals surface area contributed by atoms with E-state index in [4.69, 9.17) is 5.11 Å². The molecule has 2 N–H and O–H groups in total. The lowest BCUT2D eigenvalue weighted by atomic mass is 9.45. The average molecular weight is 391 g/mol. The molecule has 4 heteroatoms. The van der Waals surface area contributed by atoms with Gasteiger partial charge in [0.1, 0.15) is 6.61 Å². The summed E-state index contributed by atoms with van der Waals surface area (Å²) in [6.45, 7) is 6.19. The largest absolute Gasteiger partial charge is 0.481 e. The fourth-order valence-corrected chi connectivity index (χ4v) is 7.38. The summed E-state index contributed by atoms with van der Waals surface area (Å²) >= 11 is 0. The van der Waals surface area contributed by atoms with Gasteiger partial charge in [0, 0.05) is 6.42 Å². The number of rotatable bonds is 3. The Morgan fingerprint density at radius 1 is 1.07 bits per heavy atom. The zero-order valence-electron chi connectivity index (χ0n) is 17.9. The smallest absolute Gasteiger partial charge is 0.303 e. The molecule has 4 rings (SSSR count). The van der Waals surface area contributed by atoms with Crippen molar-refractivity contribution in [1.29, 1.82) is 0 Å². The van der Waals surface area contributed by atoms with Crippen molar-refractivity contribution >= 4 is 11.8 Å².